The number of hydrogen-bond acceptors (Lipinski definition) is 7. The highest BCUT2D eigenvalue weighted by atomic mass is 35.5. The standard InChI is InChI=1S/C18H18ClFN4O4/c1-18(27)13(26)17(24-3-2-11-15(21)22-7-23-16(11)24)28-14(18)12(25)8-4-9(19)6-10(20)5-8/h2-7,12-14,17,25-27H,1H3,(H2,21,22,23)/t12-,13+,14-,17-,18+/m1/s1. The first-order valence-corrected chi connectivity index (χ1v) is 8.85. The molecular formula is C18H18ClFN4O4. The van der Waals surface area contributed by atoms with Crippen molar-refractivity contribution in [1.29, 1.82) is 0 Å². The molecule has 0 unspecified atom stereocenters. The zero-order valence-electron chi connectivity index (χ0n) is 14.7. The number of aliphatic hydroxyl groups excluding tert-OH is 2. The number of fused-ring (bicyclic) bond motifs is 1. The van der Waals surface area contributed by atoms with Crippen LogP contribution in [-0.4, -0.2) is 47.7 Å². The number of aliphatic hydroxyl groups is 3. The topological polar surface area (TPSA) is 127 Å². The third-order valence-electron chi connectivity index (χ3n) is 5.06. The molecule has 2 aromatic heterocycles. The summed E-state index contributed by atoms with van der Waals surface area (Å²) in [4.78, 5) is 8.06. The Balaban J connectivity index is 1.72. The highest BCUT2D eigenvalue weighted by Crippen LogP contribution is 2.43. The van der Waals surface area contributed by atoms with Crippen molar-refractivity contribution in [3.05, 3.63) is 53.2 Å². The summed E-state index contributed by atoms with van der Waals surface area (Å²) in [5, 5.41) is 32.9. The number of anilines is 1. The zero-order valence-corrected chi connectivity index (χ0v) is 15.5. The third kappa shape index (κ3) is 2.92. The molecule has 0 radical (unpaired) electrons. The van der Waals surface area contributed by atoms with Gasteiger partial charge in [-0.15, -0.1) is 0 Å². The third-order valence-corrected chi connectivity index (χ3v) is 5.28. The molecule has 0 spiro atoms. The van der Waals surface area contributed by atoms with Crippen molar-refractivity contribution in [3.63, 3.8) is 0 Å². The maximum atomic E-state index is 13.7. The number of benzene rings is 1. The number of nitrogens with two attached hydrogens (primary N) is 1. The Morgan fingerprint density at radius 2 is 2.11 bits per heavy atom. The van der Waals surface area contributed by atoms with Crippen LogP contribution in [0.25, 0.3) is 11.0 Å². The van der Waals surface area contributed by atoms with Crippen LogP contribution in [0.4, 0.5) is 10.2 Å². The Morgan fingerprint density at radius 1 is 1.36 bits per heavy atom. The fourth-order valence-corrected chi connectivity index (χ4v) is 3.78. The van der Waals surface area contributed by atoms with Crippen LogP contribution in [0.5, 0.6) is 0 Å². The van der Waals surface area contributed by atoms with Crippen molar-refractivity contribution in [2.45, 2.75) is 37.1 Å². The first kappa shape index (κ1) is 19.0. The molecule has 5 atom stereocenters. The summed E-state index contributed by atoms with van der Waals surface area (Å²) in [6.07, 6.45) is -2.32. The van der Waals surface area contributed by atoms with Gasteiger partial charge in [0.25, 0.3) is 0 Å². The summed E-state index contributed by atoms with van der Waals surface area (Å²) in [6, 6.07) is 5.22. The molecule has 5 N–H and O–H groups in total. The first-order valence-electron chi connectivity index (χ1n) is 8.47. The lowest BCUT2D eigenvalue weighted by atomic mass is 9.88. The molecule has 8 nitrogen and oxygen atoms in total. The lowest BCUT2D eigenvalue weighted by Gasteiger charge is -2.29. The molecule has 1 aliphatic rings. The normalized spacial score (nSPS) is 28.7. The molecule has 0 aliphatic carbocycles. The van der Waals surface area contributed by atoms with E-state index in [1.807, 2.05) is 0 Å². The molecule has 1 fully saturated rings. The van der Waals surface area contributed by atoms with Crippen molar-refractivity contribution in [2.75, 3.05) is 5.73 Å². The van der Waals surface area contributed by atoms with Crippen LogP contribution < -0.4 is 5.73 Å². The van der Waals surface area contributed by atoms with Crippen molar-refractivity contribution >= 4 is 28.5 Å². The van der Waals surface area contributed by atoms with Crippen LogP contribution in [0.3, 0.4) is 0 Å². The van der Waals surface area contributed by atoms with Gasteiger partial charge in [-0.2, -0.15) is 0 Å². The molecular weight excluding hydrogens is 391 g/mol. The van der Waals surface area contributed by atoms with Crippen molar-refractivity contribution < 1.29 is 24.4 Å². The van der Waals surface area contributed by atoms with Crippen LogP contribution in [0.1, 0.15) is 24.8 Å². The summed E-state index contributed by atoms with van der Waals surface area (Å²) < 4.78 is 21.0. The molecule has 1 aliphatic heterocycles. The highest BCUT2D eigenvalue weighted by Gasteiger charge is 2.55. The number of nitrogens with zero attached hydrogens (tertiary/aromatic N) is 3. The lowest BCUT2D eigenvalue weighted by Crippen LogP contribution is -2.47. The Morgan fingerprint density at radius 3 is 2.82 bits per heavy atom. The van der Waals surface area contributed by atoms with Crippen LogP contribution in [-0.2, 0) is 4.74 Å². The fraction of sp³-hybridized carbons (Fsp3) is 0.333. The number of ether oxygens (including phenoxy) is 1. The molecule has 10 heteroatoms. The molecule has 3 aromatic rings. The van der Waals surface area contributed by atoms with Gasteiger partial charge in [0.2, 0.25) is 0 Å². The monoisotopic (exact) mass is 408 g/mol. The van der Waals surface area contributed by atoms with Crippen molar-refractivity contribution in [2.24, 2.45) is 0 Å². The van der Waals surface area contributed by atoms with E-state index in [4.69, 9.17) is 22.1 Å². The molecule has 0 saturated carbocycles. The Bertz CT molecular complexity index is 1020. The van der Waals surface area contributed by atoms with Gasteiger partial charge in [-0.1, -0.05) is 11.6 Å². The van der Waals surface area contributed by atoms with E-state index in [-0.39, 0.29) is 16.4 Å². The van der Waals surface area contributed by atoms with Gasteiger partial charge in [-0.05, 0) is 36.8 Å². The molecule has 148 valence electrons. The van der Waals surface area contributed by atoms with Gasteiger partial charge in [0.15, 0.2) is 6.23 Å². The second kappa shape index (κ2) is 6.64. The number of aromatic nitrogens is 3. The molecule has 4 rings (SSSR count). The number of nitrogen functional groups attached to an aromatic ring is 1. The molecule has 0 bridgehead atoms. The number of halogens is 2. The average molecular weight is 409 g/mol. The average Bonchev–Trinajstić information content (AvgIpc) is 3.14. The van der Waals surface area contributed by atoms with Gasteiger partial charge in [-0.3, -0.25) is 0 Å². The van der Waals surface area contributed by atoms with E-state index in [0.717, 1.165) is 12.1 Å². The lowest BCUT2D eigenvalue weighted by molar-refractivity contribution is -0.115. The van der Waals surface area contributed by atoms with Gasteiger partial charge < -0.3 is 30.4 Å². The second-order valence-electron chi connectivity index (χ2n) is 6.98. The summed E-state index contributed by atoms with van der Waals surface area (Å²) in [6.45, 7) is 1.33. The van der Waals surface area contributed by atoms with E-state index in [2.05, 4.69) is 9.97 Å². The quantitative estimate of drug-likeness (QED) is 0.517. The van der Waals surface area contributed by atoms with Crippen LogP contribution in [0, 0.1) is 5.82 Å². The fourth-order valence-electron chi connectivity index (χ4n) is 3.55. The van der Waals surface area contributed by atoms with E-state index < -0.39 is 36.0 Å². The van der Waals surface area contributed by atoms with E-state index in [1.54, 1.807) is 12.3 Å². The van der Waals surface area contributed by atoms with E-state index in [0.29, 0.717) is 11.0 Å². The maximum absolute atomic E-state index is 13.7. The van der Waals surface area contributed by atoms with Gasteiger partial charge >= 0.3 is 0 Å². The second-order valence-corrected chi connectivity index (χ2v) is 7.42. The summed E-state index contributed by atoms with van der Waals surface area (Å²) in [5.74, 6) is -0.381. The van der Waals surface area contributed by atoms with Gasteiger partial charge in [0, 0.05) is 11.2 Å². The Labute approximate surface area is 164 Å². The minimum Gasteiger partial charge on any atom is -0.386 e. The summed E-state index contributed by atoms with van der Waals surface area (Å²) in [7, 11) is 0. The van der Waals surface area contributed by atoms with Crippen LogP contribution in [0.15, 0.2) is 36.8 Å². The molecule has 28 heavy (non-hydrogen) atoms. The van der Waals surface area contributed by atoms with Gasteiger partial charge in [0.1, 0.15) is 47.5 Å². The predicted octanol–water partition coefficient (Wildman–Crippen LogP) is 1.55. The molecule has 1 aromatic carbocycles. The molecule has 1 saturated heterocycles. The van der Waals surface area contributed by atoms with Gasteiger partial charge in [-0.25, -0.2) is 14.4 Å². The minimum atomic E-state index is -1.85. The van der Waals surface area contributed by atoms with Crippen molar-refractivity contribution in [1.82, 2.24) is 14.5 Å². The minimum absolute atomic E-state index is 0.0902. The SMILES string of the molecule is C[C@@]1(O)[C@@H]([C@H](O)c2cc(F)cc(Cl)c2)O[C@@H](n2ccc3c(N)ncnc32)[C@@H]1O. The van der Waals surface area contributed by atoms with E-state index >= 15 is 0 Å². The van der Waals surface area contributed by atoms with Crippen LogP contribution >= 0.6 is 11.6 Å². The Kier molecular flexibility index (Phi) is 4.52. The smallest absolute Gasteiger partial charge is 0.164 e. The highest BCUT2D eigenvalue weighted by molar-refractivity contribution is 6.30. The van der Waals surface area contributed by atoms with E-state index in [1.165, 1.54) is 23.9 Å². The number of rotatable bonds is 3. The van der Waals surface area contributed by atoms with Gasteiger partial charge in [0.05, 0.1) is 5.39 Å². The summed E-state index contributed by atoms with van der Waals surface area (Å²) >= 11 is 5.86. The number of hydrogen-bond donors (Lipinski definition) is 4. The van der Waals surface area contributed by atoms with Crippen molar-refractivity contribution in [3.8, 4) is 0 Å². The zero-order chi connectivity index (χ0) is 20.2. The Hall–Kier alpha value is -2.30. The first-order chi connectivity index (χ1) is 13.2. The summed E-state index contributed by atoms with van der Waals surface area (Å²) in [5.41, 5.74) is 4.50. The van der Waals surface area contributed by atoms with Crippen LogP contribution in [0.2, 0.25) is 5.02 Å². The molecule has 0 amide bonds. The maximum Gasteiger partial charge on any atom is 0.164 e. The molecule has 3 heterocycles. The predicted molar refractivity (Wildman–Crippen MR) is 98.9 cm³/mol. The van der Waals surface area contributed by atoms with E-state index in [9.17, 15) is 19.7 Å². The largest absolute Gasteiger partial charge is 0.386 e.